The molecule has 0 heterocycles. The molecule has 3 N–H and O–H groups in total. The van der Waals surface area contributed by atoms with Crippen molar-refractivity contribution in [3.8, 4) is 0 Å². The van der Waals surface area contributed by atoms with E-state index in [9.17, 15) is 14.3 Å². The highest BCUT2D eigenvalue weighted by atomic mass is 19.1. The van der Waals surface area contributed by atoms with Gasteiger partial charge in [0.05, 0.1) is 11.4 Å². The lowest BCUT2D eigenvalue weighted by Gasteiger charge is -2.38. The molecule has 0 saturated heterocycles. The lowest BCUT2D eigenvalue weighted by molar-refractivity contribution is 0.0698. The first-order valence-electron chi connectivity index (χ1n) is 6.97. The molecule has 20 heavy (non-hydrogen) atoms. The maximum absolute atomic E-state index is 13.5. The number of nitrogens with zero attached hydrogens (tertiary/aromatic N) is 1. The summed E-state index contributed by atoms with van der Waals surface area (Å²) in [4.78, 5) is 13.3. The van der Waals surface area contributed by atoms with E-state index in [0.717, 1.165) is 19.3 Å². The normalized spacial score (nSPS) is 22.6. The summed E-state index contributed by atoms with van der Waals surface area (Å²) in [7, 11) is 1.87. The van der Waals surface area contributed by atoms with E-state index >= 15 is 0 Å². The van der Waals surface area contributed by atoms with E-state index in [2.05, 4.69) is 6.92 Å². The summed E-state index contributed by atoms with van der Waals surface area (Å²) in [6.45, 7) is 2.17. The first-order chi connectivity index (χ1) is 9.43. The molecule has 1 aromatic rings. The summed E-state index contributed by atoms with van der Waals surface area (Å²) >= 11 is 0. The van der Waals surface area contributed by atoms with Crippen LogP contribution in [0, 0.1) is 11.7 Å². The molecular formula is C15H21FN2O2. The lowest BCUT2D eigenvalue weighted by atomic mass is 9.84. The van der Waals surface area contributed by atoms with Crippen LogP contribution in [0.25, 0.3) is 0 Å². The van der Waals surface area contributed by atoms with E-state index in [1.54, 1.807) is 0 Å². The van der Waals surface area contributed by atoms with Crippen molar-refractivity contribution in [3.63, 3.8) is 0 Å². The maximum atomic E-state index is 13.5. The van der Waals surface area contributed by atoms with Gasteiger partial charge >= 0.3 is 5.97 Å². The van der Waals surface area contributed by atoms with Crippen LogP contribution in [0.1, 0.15) is 43.0 Å². The van der Waals surface area contributed by atoms with Crippen molar-refractivity contribution in [1.82, 2.24) is 0 Å². The quantitative estimate of drug-likeness (QED) is 0.835. The summed E-state index contributed by atoms with van der Waals surface area (Å²) in [6.07, 6.45) is 4.50. The average Bonchev–Trinajstić information content (AvgIpc) is 2.41. The predicted octanol–water partition coefficient (Wildman–Crippen LogP) is 3.12. The minimum Gasteiger partial charge on any atom is -0.478 e. The Labute approximate surface area is 118 Å². The zero-order valence-electron chi connectivity index (χ0n) is 11.9. The summed E-state index contributed by atoms with van der Waals surface area (Å²) in [6, 6.07) is 3.02. The lowest BCUT2D eigenvalue weighted by Crippen LogP contribution is -2.39. The smallest absolute Gasteiger partial charge is 0.340 e. The summed E-state index contributed by atoms with van der Waals surface area (Å²) in [5, 5.41) is 9.31. The van der Waals surface area contributed by atoms with Crippen molar-refractivity contribution in [3.05, 3.63) is 23.5 Å². The van der Waals surface area contributed by atoms with Gasteiger partial charge in [-0.05, 0) is 30.9 Å². The molecule has 0 spiro atoms. The zero-order chi connectivity index (χ0) is 14.9. The Bertz CT molecular complexity index is 519. The van der Waals surface area contributed by atoms with Crippen LogP contribution in [-0.4, -0.2) is 24.2 Å². The molecule has 1 aliphatic rings. The van der Waals surface area contributed by atoms with Crippen LogP contribution in [0.3, 0.4) is 0 Å². The first-order valence-corrected chi connectivity index (χ1v) is 6.97. The number of nitrogen functional groups attached to an aromatic ring is 1. The molecular weight excluding hydrogens is 259 g/mol. The molecule has 0 radical (unpaired) electrons. The molecule has 0 bridgehead atoms. The number of hydrogen-bond donors (Lipinski definition) is 2. The van der Waals surface area contributed by atoms with Gasteiger partial charge in [0.2, 0.25) is 0 Å². The highest BCUT2D eigenvalue weighted by molar-refractivity contribution is 6.00. The van der Waals surface area contributed by atoms with Gasteiger partial charge in [-0.1, -0.05) is 19.8 Å². The van der Waals surface area contributed by atoms with Gasteiger partial charge in [-0.3, -0.25) is 0 Å². The minimum absolute atomic E-state index is 0.134. The second-order valence-corrected chi connectivity index (χ2v) is 5.60. The maximum Gasteiger partial charge on any atom is 0.340 e. The number of hydrogen-bond acceptors (Lipinski definition) is 3. The van der Waals surface area contributed by atoms with Crippen LogP contribution >= 0.6 is 0 Å². The van der Waals surface area contributed by atoms with E-state index in [4.69, 9.17) is 5.73 Å². The van der Waals surface area contributed by atoms with Crippen molar-refractivity contribution < 1.29 is 14.3 Å². The van der Waals surface area contributed by atoms with Crippen LogP contribution in [0.15, 0.2) is 12.1 Å². The molecule has 4 nitrogen and oxygen atoms in total. The molecule has 5 heteroatoms. The third-order valence-electron chi connectivity index (χ3n) is 4.33. The molecule has 1 fully saturated rings. The Kier molecular flexibility index (Phi) is 4.16. The van der Waals surface area contributed by atoms with Gasteiger partial charge in [0.15, 0.2) is 0 Å². The number of halogens is 1. The van der Waals surface area contributed by atoms with Crippen LogP contribution in [0.2, 0.25) is 0 Å². The van der Waals surface area contributed by atoms with Crippen LogP contribution in [0.4, 0.5) is 15.8 Å². The standard InChI is InChI=1S/C15H21FN2O2/c1-9-5-3-4-6-11(9)18(2)12-8-7-10(16)14(17)13(12)15(19)20/h7-9,11H,3-6,17H2,1-2H3,(H,19,20). The van der Waals surface area contributed by atoms with Crippen LogP contribution in [-0.2, 0) is 0 Å². The van der Waals surface area contributed by atoms with Crippen LogP contribution < -0.4 is 10.6 Å². The highest BCUT2D eigenvalue weighted by Crippen LogP contribution is 2.34. The van der Waals surface area contributed by atoms with E-state index < -0.39 is 11.8 Å². The van der Waals surface area contributed by atoms with E-state index in [1.807, 2.05) is 11.9 Å². The van der Waals surface area contributed by atoms with Gasteiger partial charge in [0.25, 0.3) is 0 Å². The fourth-order valence-electron chi connectivity index (χ4n) is 3.15. The fraction of sp³-hybridized carbons (Fsp3) is 0.533. The largest absolute Gasteiger partial charge is 0.478 e. The SMILES string of the molecule is CC1CCCCC1N(C)c1ccc(F)c(N)c1C(=O)O. The second kappa shape index (κ2) is 5.69. The average molecular weight is 280 g/mol. The van der Waals surface area contributed by atoms with Gasteiger partial charge in [-0.15, -0.1) is 0 Å². The Morgan fingerprint density at radius 1 is 1.40 bits per heavy atom. The number of aromatic carboxylic acids is 1. The fourth-order valence-corrected chi connectivity index (χ4v) is 3.15. The van der Waals surface area contributed by atoms with Crippen LogP contribution in [0.5, 0.6) is 0 Å². The monoisotopic (exact) mass is 280 g/mol. The van der Waals surface area contributed by atoms with Gasteiger partial charge in [-0.25, -0.2) is 9.18 Å². The molecule has 2 unspecified atom stereocenters. The molecule has 2 atom stereocenters. The molecule has 2 rings (SSSR count). The van der Waals surface area contributed by atoms with Crippen molar-refractivity contribution in [1.29, 1.82) is 0 Å². The minimum atomic E-state index is -1.19. The molecule has 0 aliphatic heterocycles. The number of carbonyl (C=O) groups is 1. The third-order valence-corrected chi connectivity index (χ3v) is 4.33. The number of anilines is 2. The molecule has 110 valence electrons. The number of nitrogens with two attached hydrogens (primary N) is 1. The highest BCUT2D eigenvalue weighted by Gasteiger charge is 2.28. The Morgan fingerprint density at radius 2 is 2.05 bits per heavy atom. The molecule has 1 aromatic carbocycles. The van der Waals surface area contributed by atoms with E-state index in [1.165, 1.54) is 18.6 Å². The molecule has 0 aromatic heterocycles. The Hall–Kier alpha value is -1.78. The van der Waals surface area contributed by atoms with E-state index in [-0.39, 0.29) is 17.3 Å². The second-order valence-electron chi connectivity index (χ2n) is 5.60. The molecule has 1 aliphatic carbocycles. The topological polar surface area (TPSA) is 66.6 Å². The number of rotatable bonds is 3. The molecule has 0 amide bonds. The first kappa shape index (κ1) is 14.6. The van der Waals surface area contributed by atoms with Crippen molar-refractivity contribution in [2.24, 2.45) is 5.92 Å². The van der Waals surface area contributed by atoms with E-state index in [0.29, 0.717) is 11.6 Å². The van der Waals surface area contributed by atoms with Crippen molar-refractivity contribution in [2.45, 2.75) is 38.6 Å². The van der Waals surface area contributed by atoms with Gasteiger partial charge < -0.3 is 15.7 Å². The molecule has 1 saturated carbocycles. The zero-order valence-corrected chi connectivity index (χ0v) is 11.9. The van der Waals surface area contributed by atoms with Crippen molar-refractivity contribution in [2.75, 3.05) is 17.7 Å². The Balaban J connectivity index is 2.41. The van der Waals surface area contributed by atoms with Gasteiger partial charge in [-0.2, -0.15) is 0 Å². The van der Waals surface area contributed by atoms with Crippen molar-refractivity contribution >= 4 is 17.3 Å². The van der Waals surface area contributed by atoms with Gasteiger partial charge in [0, 0.05) is 13.1 Å². The number of carboxylic acid groups (broad SMARTS) is 1. The Morgan fingerprint density at radius 3 is 2.65 bits per heavy atom. The van der Waals surface area contributed by atoms with Gasteiger partial charge in [0.1, 0.15) is 11.4 Å². The third kappa shape index (κ3) is 2.57. The predicted molar refractivity (Wildman–Crippen MR) is 77.6 cm³/mol. The summed E-state index contributed by atoms with van der Waals surface area (Å²) in [5.74, 6) is -1.38. The summed E-state index contributed by atoms with van der Waals surface area (Å²) < 4.78 is 13.5. The summed E-state index contributed by atoms with van der Waals surface area (Å²) in [5.41, 5.74) is 5.68. The number of carboxylic acids is 1. The number of benzene rings is 1.